The second-order valence-electron chi connectivity index (χ2n) is 8.85. The number of amides is 2. The van der Waals surface area contributed by atoms with Crippen molar-refractivity contribution >= 4 is 22.9 Å². The first-order chi connectivity index (χ1) is 15.0. The van der Waals surface area contributed by atoms with Gasteiger partial charge in [0.2, 0.25) is 11.8 Å². The van der Waals surface area contributed by atoms with E-state index in [4.69, 9.17) is 4.42 Å². The van der Waals surface area contributed by atoms with Crippen LogP contribution >= 0.6 is 0 Å². The van der Waals surface area contributed by atoms with E-state index in [0.29, 0.717) is 54.0 Å². The van der Waals surface area contributed by atoms with Gasteiger partial charge in [0, 0.05) is 36.7 Å². The summed E-state index contributed by atoms with van der Waals surface area (Å²) in [5.74, 6) is 1.10. The molecule has 1 aliphatic carbocycles. The standard InChI is InChI=1S/C25H27N3O3/c1-16-2-4-18(5-3-16)24-27-21-15-19(6-9-22(21)31-24)25(30)28-12-10-17(11-13-28)14-23(29)26-20-7-8-20/h2-6,9,15,17,20H,7-8,10-14H2,1H3,(H,26,29). The third kappa shape index (κ3) is 4.48. The number of benzene rings is 2. The van der Waals surface area contributed by atoms with Crippen molar-refractivity contribution < 1.29 is 14.0 Å². The Hall–Kier alpha value is -3.15. The van der Waals surface area contributed by atoms with Gasteiger partial charge >= 0.3 is 0 Å². The second-order valence-corrected chi connectivity index (χ2v) is 8.85. The first kappa shape index (κ1) is 19.8. The minimum atomic E-state index is 0.0164. The van der Waals surface area contributed by atoms with Crippen molar-refractivity contribution in [3.63, 3.8) is 0 Å². The van der Waals surface area contributed by atoms with E-state index in [1.165, 1.54) is 5.56 Å². The summed E-state index contributed by atoms with van der Waals surface area (Å²) < 4.78 is 5.88. The highest BCUT2D eigenvalue weighted by Crippen LogP contribution is 2.27. The fraction of sp³-hybridized carbons (Fsp3) is 0.400. The molecule has 160 valence electrons. The van der Waals surface area contributed by atoms with E-state index in [1.54, 1.807) is 0 Å². The van der Waals surface area contributed by atoms with Crippen LogP contribution in [0.25, 0.3) is 22.6 Å². The Morgan fingerprint density at radius 1 is 1.06 bits per heavy atom. The number of aromatic nitrogens is 1. The van der Waals surface area contributed by atoms with Crippen LogP contribution in [-0.2, 0) is 4.79 Å². The summed E-state index contributed by atoms with van der Waals surface area (Å²) in [4.78, 5) is 31.5. The van der Waals surface area contributed by atoms with Gasteiger partial charge in [-0.05, 0) is 68.9 Å². The Balaban J connectivity index is 1.23. The molecule has 5 rings (SSSR count). The Morgan fingerprint density at radius 3 is 2.52 bits per heavy atom. The third-order valence-electron chi connectivity index (χ3n) is 6.25. The van der Waals surface area contributed by atoms with Gasteiger partial charge in [0.25, 0.3) is 5.91 Å². The molecule has 6 heteroatoms. The zero-order valence-corrected chi connectivity index (χ0v) is 17.8. The summed E-state index contributed by atoms with van der Waals surface area (Å²) in [6, 6.07) is 13.9. The molecule has 1 saturated heterocycles. The number of carbonyl (C=O) groups excluding carboxylic acids is 2. The number of likely N-dealkylation sites (tertiary alicyclic amines) is 1. The maximum absolute atomic E-state index is 13.0. The van der Waals surface area contributed by atoms with Crippen molar-refractivity contribution in [1.82, 2.24) is 15.2 Å². The van der Waals surface area contributed by atoms with Crippen molar-refractivity contribution in [2.75, 3.05) is 13.1 Å². The van der Waals surface area contributed by atoms with Crippen LogP contribution in [0.3, 0.4) is 0 Å². The monoisotopic (exact) mass is 417 g/mol. The predicted molar refractivity (Wildman–Crippen MR) is 119 cm³/mol. The smallest absolute Gasteiger partial charge is 0.253 e. The van der Waals surface area contributed by atoms with Gasteiger partial charge in [-0.2, -0.15) is 0 Å². The fourth-order valence-electron chi connectivity index (χ4n) is 4.18. The molecule has 0 atom stereocenters. The maximum atomic E-state index is 13.0. The molecule has 2 aliphatic rings. The summed E-state index contributed by atoms with van der Waals surface area (Å²) in [7, 11) is 0. The molecule has 6 nitrogen and oxygen atoms in total. The number of rotatable bonds is 5. The molecule has 31 heavy (non-hydrogen) atoms. The molecule has 2 fully saturated rings. The molecule has 3 aromatic rings. The van der Waals surface area contributed by atoms with E-state index in [-0.39, 0.29) is 11.8 Å². The van der Waals surface area contributed by atoms with E-state index in [0.717, 1.165) is 31.2 Å². The average molecular weight is 418 g/mol. The topological polar surface area (TPSA) is 75.4 Å². The summed E-state index contributed by atoms with van der Waals surface area (Å²) >= 11 is 0. The molecule has 2 amide bonds. The first-order valence-corrected chi connectivity index (χ1v) is 11.1. The third-order valence-corrected chi connectivity index (χ3v) is 6.25. The van der Waals surface area contributed by atoms with E-state index in [9.17, 15) is 9.59 Å². The number of piperidine rings is 1. The fourth-order valence-corrected chi connectivity index (χ4v) is 4.18. The molecule has 2 heterocycles. The number of hydrogen-bond donors (Lipinski definition) is 1. The SMILES string of the molecule is Cc1ccc(-c2nc3cc(C(=O)N4CCC(CC(=O)NC5CC5)CC4)ccc3o2)cc1. The summed E-state index contributed by atoms with van der Waals surface area (Å²) in [5, 5.41) is 3.06. The van der Waals surface area contributed by atoms with Gasteiger partial charge in [0.15, 0.2) is 5.58 Å². The molecule has 0 bridgehead atoms. The minimum Gasteiger partial charge on any atom is -0.436 e. The lowest BCUT2D eigenvalue weighted by Crippen LogP contribution is -2.39. The summed E-state index contributed by atoms with van der Waals surface area (Å²) in [6.07, 6.45) is 4.54. The second kappa shape index (κ2) is 8.17. The lowest BCUT2D eigenvalue weighted by atomic mass is 9.93. The molecule has 1 aromatic heterocycles. The van der Waals surface area contributed by atoms with E-state index in [2.05, 4.69) is 10.3 Å². The highest BCUT2D eigenvalue weighted by molar-refractivity contribution is 5.97. The molecule has 1 saturated carbocycles. The number of oxazole rings is 1. The van der Waals surface area contributed by atoms with Gasteiger partial charge in [-0.1, -0.05) is 17.7 Å². The van der Waals surface area contributed by atoms with Crippen molar-refractivity contribution in [2.24, 2.45) is 5.92 Å². The number of fused-ring (bicyclic) bond motifs is 1. The van der Waals surface area contributed by atoms with Crippen molar-refractivity contribution in [2.45, 2.75) is 45.1 Å². The van der Waals surface area contributed by atoms with Crippen molar-refractivity contribution in [3.8, 4) is 11.5 Å². The number of nitrogens with one attached hydrogen (secondary N) is 1. The van der Waals surface area contributed by atoms with Gasteiger partial charge in [-0.15, -0.1) is 0 Å². The average Bonchev–Trinajstić information content (AvgIpc) is 3.48. The zero-order chi connectivity index (χ0) is 21.4. The molecule has 1 N–H and O–H groups in total. The van der Waals surface area contributed by atoms with Crippen molar-refractivity contribution in [1.29, 1.82) is 0 Å². The van der Waals surface area contributed by atoms with Crippen LogP contribution in [0, 0.1) is 12.8 Å². The quantitative estimate of drug-likeness (QED) is 0.671. The number of hydrogen-bond acceptors (Lipinski definition) is 4. The molecular formula is C25H27N3O3. The molecule has 1 aliphatic heterocycles. The maximum Gasteiger partial charge on any atom is 0.253 e. The van der Waals surface area contributed by atoms with Crippen LogP contribution in [0.15, 0.2) is 46.9 Å². The summed E-state index contributed by atoms with van der Waals surface area (Å²) in [6.45, 7) is 3.41. The van der Waals surface area contributed by atoms with Crippen LogP contribution in [0.1, 0.15) is 48.0 Å². The number of carbonyl (C=O) groups is 2. The zero-order valence-electron chi connectivity index (χ0n) is 17.8. The normalized spacial score (nSPS) is 17.1. The Bertz CT molecular complexity index is 1110. The van der Waals surface area contributed by atoms with E-state index < -0.39 is 0 Å². The van der Waals surface area contributed by atoms with Gasteiger partial charge in [-0.25, -0.2) is 4.98 Å². The van der Waals surface area contributed by atoms with Crippen molar-refractivity contribution in [3.05, 3.63) is 53.6 Å². The molecule has 0 spiro atoms. The number of aryl methyl sites for hydroxylation is 1. The molecular weight excluding hydrogens is 390 g/mol. The highest BCUT2D eigenvalue weighted by atomic mass is 16.3. The Labute approximate surface area is 181 Å². The largest absolute Gasteiger partial charge is 0.436 e. The van der Waals surface area contributed by atoms with Crippen LogP contribution in [0.2, 0.25) is 0 Å². The molecule has 2 aromatic carbocycles. The molecule has 0 radical (unpaired) electrons. The minimum absolute atomic E-state index is 0.0164. The predicted octanol–water partition coefficient (Wildman–Crippen LogP) is 4.32. The Morgan fingerprint density at radius 2 is 1.81 bits per heavy atom. The number of nitrogens with zero attached hydrogens (tertiary/aromatic N) is 2. The lowest BCUT2D eigenvalue weighted by molar-refractivity contribution is -0.122. The van der Waals surface area contributed by atoms with Gasteiger partial charge in [0.1, 0.15) is 5.52 Å². The van der Waals surface area contributed by atoms with Crippen LogP contribution in [0.4, 0.5) is 0 Å². The van der Waals surface area contributed by atoms with E-state index >= 15 is 0 Å². The van der Waals surface area contributed by atoms with Crippen LogP contribution in [0.5, 0.6) is 0 Å². The van der Waals surface area contributed by atoms with Gasteiger partial charge in [0.05, 0.1) is 0 Å². The van der Waals surface area contributed by atoms with Gasteiger partial charge < -0.3 is 14.6 Å². The summed E-state index contributed by atoms with van der Waals surface area (Å²) in [5.41, 5.74) is 4.09. The van der Waals surface area contributed by atoms with Crippen LogP contribution < -0.4 is 5.32 Å². The van der Waals surface area contributed by atoms with Crippen LogP contribution in [-0.4, -0.2) is 40.8 Å². The molecule has 0 unspecified atom stereocenters. The Kier molecular flexibility index (Phi) is 5.22. The lowest BCUT2D eigenvalue weighted by Gasteiger charge is -2.31. The first-order valence-electron chi connectivity index (χ1n) is 11.1. The van der Waals surface area contributed by atoms with E-state index in [1.807, 2.05) is 54.3 Å². The highest BCUT2D eigenvalue weighted by Gasteiger charge is 2.28. The van der Waals surface area contributed by atoms with Gasteiger partial charge in [-0.3, -0.25) is 9.59 Å².